The van der Waals surface area contributed by atoms with Gasteiger partial charge in [-0.2, -0.15) is 0 Å². The van der Waals surface area contributed by atoms with E-state index >= 15 is 0 Å². The summed E-state index contributed by atoms with van der Waals surface area (Å²) in [5.41, 5.74) is 0. The van der Waals surface area contributed by atoms with Crippen molar-refractivity contribution in [3.8, 4) is 0 Å². The molecular formula is C9H23O2Ti. The van der Waals surface area contributed by atoms with Crippen LogP contribution in [0.1, 0.15) is 26.7 Å². The minimum absolute atomic E-state index is 0.838. The van der Waals surface area contributed by atoms with E-state index in [1.165, 1.54) is 0 Å². The van der Waals surface area contributed by atoms with Crippen LogP contribution in [0.25, 0.3) is 0 Å². The van der Waals surface area contributed by atoms with E-state index in [1.54, 1.807) is 0 Å². The fourth-order valence-corrected chi connectivity index (χ4v) is 3.88. The Morgan fingerprint density at radius 1 is 0.833 bits per heavy atom. The Balaban J connectivity index is 3.90. The molecule has 0 heterocycles. The Morgan fingerprint density at radius 2 is 1.17 bits per heavy atom. The van der Waals surface area contributed by atoms with Crippen molar-refractivity contribution in [2.45, 2.75) is 42.4 Å². The third kappa shape index (κ3) is 6.18. The zero-order valence-electron chi connectivity index (χ0n) is 9.14. The van der Waals surface area contributed by atoms with Crippen LogP contribution in [0.15, 0.2) is 0 Å². The molecule has 12 heavy (non-hydrogen) atoms. The number of hydrogen-bond donors (Lipinski definition) is 0. The molecule has 0 spiro atoms. The van der Waals surface area contributed by atoms with Gasteiger partial charge in [0.25, 0.3) is 0 Å². The fraction of sp³-hybridized carbons (Fsp3) is 1.00. The second kappa shape index (κ2) is 4.75. The van der Waals surface area contributed by atoms with E-state index in [0.717, 1.165) is 26.1 Å². The topological polar surface area (TPSA) is 18.5 Å². The number of hydrogen-bond acceptors (Lipinski definition) is 2. The van der Waals surface area contributed by atoms with Crippen molar-refractivity contribution in [3.05, 3.63) is 0 Å². The first-order valence-corrected chi connectivity index (χ1v) is 10.9. The second-order valence-corrected chi connectivity index (χ2v) is 14.2. The molecule has 0 aliphatic heterocycles. The molecule has 0 saturated carbocycles. The molecule has 0 amide bonds. The predicted octanol–water partition coefficient (Wildman–Crippen LogP) is 3.50. The van der Waals surface area contributed by atoms with E-state index in [0.29, 0.717) is 0 Å². The molecule has 0 fully saturated rings. The molecule has 0 rings (SSSR count). The summed E-state index contributed by atoms with van der Waals surface area (Å²) < 4.78 is 11.7. The maximum atomic E-state index is 5.84. The molecule has 0 aromatic rings. The van der Waals surface area contributed by atoms with Crippen LogP contribution in [0.5, 0.6) is 0 Å². The molecule has 75 valence electrons. The molecule has 0 N–H and O–H groups in total. The Bertz CT molecular complexity index is 114. The van der Waals surface area contributed by atoms with Crippen LogP contribution in [0, 0.1) is 0 Å². The minimum atomic E-state index is -2.86. The monoisotopic (exact) mass is 211 g/mol. The fourth-order valence-electron chi connectivity index (χ4n) is 0.941. The van der Waals surface area contributed by atoms with Crippen molar-refractivity contribution in [3.63, 3.8) is 0 Å². The summed E-state index contributed by atoms with van der Waals surface area (Å²) in [6.07, 6.45) is 2.15. The maximum absolute atomic E-state index is 5.84. The Hall–Kier alpha value is 0.634. The Labute approximate surface area is 78.5 Å². The quantitative estimate of drug-likeness (QED) is 0.626. The van der Waals surface area contributed by atoms with Gasteiger partial charge in [0, 0.05) is 0 Å². The van der Waals surface area contributed by atoms with Gasteiger partial charge in [0.1, 0.15) is 0 Å². The van der Waals surface area contributed by atoms with Gasteiger partial charge in [0.2, 0.25) is 0 Å². The third-order valence-corrected chi connectivity index (χ3v) is 5.31. The van der Waals surface area contributed by atoms with Crippen molar-refractivity contribution in [2.75, 3.05) is 13.2 Å². The van der Waals surface area contributed by atoms with Crippen molar-refractivity contribution in [2.24, 2.45) is 0 Å². The van der Waals surface area contributed by atoms with Gasteiger partial charge in [-0.05, 0) is 0 Å². The molecule has 0 aliphatic carbocycles. The van der Waals surface area contributed by atoms with E-state index in [4.69, 9.17) is 6.64 Å². The van der Waals surface area contributed by atoms with Crippen LogP contribution in [0.2, 0.25) is 15.7 Å². The van der Waals surface area contributed by atoms with Crippen LogP contribution in [-0.4, -0.2) is 13.2 Å². The summed E-state index contributed by atoms with van der Waals surface area (Å²) in [6, 6.07) is 0. The molecule has 0 aliphatic rings. The molecular weight excluding hydrogens is 188 g/mol. The van der Waals surface area contributed by atoms with Crippen molar-refractivity contribution >= 4 is 0 Å². The first kappa shape index (κ1) is 12.6. The SMILES string of the molecule is CCC[O][Ti]([CH3])([CH3])([CH3])[O]CCC. The van der Waals surface area contributed by atoms with Gasteiger partial charge in [-0.25, -0.2) is 0 Å². The Kier molecular flexibility index (Phi) is 5.01. The average molecular weight is 211 g/mol. The van der Waals surface area contributed by atoms with E-state index in [2.05, 4.69) is 29.5 Å². The van der Waals surface area contributed by atoms with Gasteiger partial charge in [-0.1, -0.05) is 0 Å². The molecule has 0 saturated heterocycles. The molecule has 0 atom stereocenters. The van der Waals surface area contributed by atoms with Crippen LogP contribution in [-0.2, 0) is 22.7 Å². The van der Waals surface area contributed by atoms with Gasteiger partial charge in [0.15, 0.2) is 0 Å². The Morgan fingerprint density at radius 3 is 1.42 bits per heavy atom. The summed E-state index contributed by atoms with van der Waals surface area (Å²) >= 11 is -2.86. The third-order valence-electron chi connectivity index (χ3n) is 1.60. The summed E-state index contributed by atoms with van der Waals surface area (Å²) in [7, 11) is 0. The zero-order chi connectivity index (χ0) is 9.69. The predicted molar refractivity (Wildman–Crippen MR) is 50.1 cm³/mol. The summed E-state index contributed by atoms with van der Waals surface area (Å²) in [4.78, 5) is 0. The van der Waals surface area contributed by atoms with Gasteiger partial charge in [0.05, 0.1) is 0 Å². The van der Waals surface area contributed by atoms with Crippen molar-refractivity contribution in [1.29, 1.82) is 0 Å². The van der Waals surface area contributed by atoms with Crippen LogP contribution >= 0.6 is 0 Å². The molecule has 2 nitrogen and oxygen atoms in total. The molecule has 0 bridgehead atoms. The number of rotatable bonds is 6. The van der Waals surface area contributed by atoms with Crippen molar-refractivity contribution < 1.29 is 22.7 Å². The summed E-state index contributed by atoms with van der Waals surface area (Å²) in [6.45, 7) is 5.93. The van der Waals surface area contributed by atoms with Gasteiger partial charge >= 0.3 is 78.3 Å². The summed E-state index contributed by atoms with van der Waals surface area (Å²) in [5, 5.41) is 6.51. The second-order valence-electron chi connectivity index (χ2n) is 4.51. The molecule has 0 aromatic carbocycles. The van der Waals surface area contributed by atoms with Gasteiger partial charge in [-0.3, -0.25) is 0 Å². The average Bonchev–Trinajstić information content (AvgIpc) is 1.97. The van der Waals surface area contributed by atoms with Crippen LogP contribution in [0.3, 0.4) is 0 Å². The van der Waals surface area contributed by atoms with Crippen molar-refractivity contribution in [1.82, 2.24) is 0 Å². The molecule has 0 radical (unpaired) electrons. The van der Waals surface area contributed by atoms with Crippen LogP contribution in [0.4, 0.5) is 0 Å². The first-order chi connectivity index (χ1) is 5.39. The summed E-state index contributed by atoms with van der Waals surface area (Å²) in [5.74, 6) is 0. The van der Waals surface area contributed by atoms with E-state index < -0.39 is 16.1 Å². The van der Waals surface area contributed by atoms with Gasteiger partial charge < -0.3 is 0 Å². The van der Waals surface area contributed by atoms with Gasteiger partial charge in [-0.15, -0.1) is 0 Å². The molecule has 0 unspecified atom stereocenters. The normalized spacial score (nSPS) is 15.6. The van der Waals surface area contributed by atoms with Crippen LogP contribution < -0.4 is 0 Å². The van der Waals surface area contributed by atoms with E-state index in [-0.39, 0.29) is 0 Å². The van der Waals surface area contributed by atoms with E-state index in [9.17, 15) is 0 Å². The zero-order valence-corrected chi connectivity index (χ0v) is 10.7. The van der Waals surface area contributed by atoms with E-state index in [1.807, 2.05) is 0 Å². The standard InChI is InChI=1S/2C3H7O.3CH3.Ti/c2*1-2-3-4;;;;/h2*2-3H2,1H3;3*1H3;/q2*-1;;;;+2. The first-order valence-electron chi connectivity index (χ1n) is 4.90. The molecule has 3 heteroatoms. The molecule has 0 aromatic heterocycles.